The predicted molar refractivity (Wildman–Crippen MR) is 138 cm³/mol. The van der Waals surface area contributed by atoms with Gasteiger partial charge in [0.1, 0.15) is 5.82 Å². The van der Waals surface area contributed by atoms with E-state index in [2.05, 4.69) is 36.7 Å². The van der Waals surface area contributed by atoms with Crippen LogP contribution in [0.25, 0.3) is 16.6 Å². The number of H-pyrrole nitrogens is 1. The Bertz CT molecular complexity index is 1430. The molecule has 35 heavy (non-hydrogen) atoms. The Kier molecular flexibility index (Phi) is 5.29. The van der Waals surface area contributed by atoms with Crippen LogP contribution in [-0.2, 0) is 0 Å². The van der Waals surface area contributed by atoms with Gasteiger partial charge < -0.3 is 20.5 Å². The van der Waals surface area contributed by atoms with E-state index in [1.807, 2.05) is 33.8 Å². The lowest BCUT2D eigenvalue weighted by Gasteiger charge is -2.34. The van der Waals surface area contributed by atoms with Crippen molar-refractivity contribution >= 4 is 28.3 Å². The van der Waals surface area contributed by atoms with Gasteiger partial charge in [-0.2, -0.15) is 5.10 Å². The van der Waals surface area contributed by atoms with Crippen LogP contribution < -0.4 is 10.6 Å². The van der Waals surface area contributed by atoms with E-state index in [-0.39, 0.29) is 18.0 Å². The summed E-state index contributed by atoms with van der Waals surface area (Å²) in [4.78, 5) is 26.3. The average Bonchev–Trinajstić information content (AvgIpc) is 3.55. The van der Waals surface area contributed by atoms with Gasteiger partial charge in [-0.05, 0) is 70.2 Å². The Hall–Kier alpha value is -3.39. The zero-order chi connectivity index (χ0) is 24.3. The number of hydrogen-bond acceptors (Lipinski definition) is 5. The zero-order valence-electron chi connectivity index (χ0n) is 20.7. The van der Waals surface area contributed by atoms with Gasteiger partial charge in [0.05, 0.1) is 11.7 Å². The highest BCUT2D eigenvalue weighted by Gasteiger charge is 2.31. The molecule has 2 fully saturated rings. The van der Waals surface area contributed by atoms with E-state index in [1.54, 1.807) is 0 Å². The van der Waals surface area contributed by atoms with Crippen molar-refractivity contribution in [3.8, 4) is 0 Å². The quantitative estimate of drug-likeness (QED) is 0.470. The van der Waals surface area contributed by atoms with Crippen molar-refractivity contribution in [3.05, 3.63) is 58.5 Å². The third-order valence-corrected chi connectivity index (χ3v) is 7.81. The highest BCUT2D eigenvalue weighted by atomic mass is 16.2. The van der Waals surface area contributed by atoms with E-state index < -0.39 is 0 Å². The fourth-order valence-electron chi connectivity index (χ4n) is 5.72. The molecular weight excluding hydrogens is 438 g/mol. The number of aromatic amines is 1. The number of aromatic nitrogens is 4. The van der Waals surface area contributed by atoms with Gasteiger partial charge in [0, 0.05) is 65.7 Å². The lowest BCUT2D eigenvalue weighted by molar-refractivity contribution is 0.0606. The largest absolute Gasteiger partial charge is 0.358 e. The summed E-state index contributed by atoms with van der Waals surface area (Å²) in [6, 6.07) is 8.19. The molecule has 1 aromatic carbocycles. The summed E-state index contributed by atoms with van der Waals surface area (Å²) in [5, 5.41) is 6.00. The molecule has 8 nitrogen and oxygen atoms in total. The third kappa shape index (κ3) is 3.76. The minimum atomic E-state index is -0.0494. The number of anilines is 1. The summed E-state index contributed by atoms with van der Waals surface area (Å²) >= 11 is 0. The number of benzene rings is 1. The van der Waals surface area contributed by atoms with Gasteiger partial charge in [0.25, 0.3) is 5.91 Å². The molecule has 3 aromatic heterocycles. The Labute approximate surface area is 205 Å². The number of aryl methyl sites for hydroxylation is 3. The summed E-state index contributed by atoms with van der Waals surface area (Å²) in [5.41, 5.74) is 13.1. The monoisotopic (exact) mass is 471 g/mol. The predicted octanol–water partition coefficient (Wildman–Crippen LogP) is 4.04. The van der Waals surface area contributed by atoms with Gasteiger partial charge in [-0.25, -0.2) is 9.50 Å². The summed E-state index contributed by atoms with van der Waals surface area (Å²) in [5.74, 6) is 1.06. The number of nitrogens with zero attached hydrogens (tertiary/aromatic N) is 5. The van der Waals surface area contributed by atoms with E-state index >= 15 is 0 Å². The number of piperidine rings is 1. The second-order valence-electron chi connectivity index (χ2n) is 10.3. The van der Waals surface area contributed by atoms with Crippen LogP contribution in [0.5, 0.6) is 0 Å². The normalized spacial score (nSPS) is 20.9. The van der Waals surface area contributed by atoms with Crippen LogP contribution in [0.4, 0.5) is 5.82 Å². The van der Waals surface area contributed by atoms with Crippen LogP contribution in [0.2, 0.25) is 0 Å². The number of carbonyl (C=O) groups is 1. The number of nitrogens with one attached hydrogen (secondary N) is 1. The molecule has 0 bridgehead atoms. The van der Waals surface area contributed by atoms with Gasteiger partial charge in [0.2, 0.25) is 0 Å². The number of carbonyl (C=O) groups excluding carboxylic acids is 1. The maximum absolute atomic E-state index is 13.7. The van der Waals surface area contributed by atoms with Crippen molar-refractivity contribution in [2.75, 3.05) is 24.5 Å². The fourth-order valence-corrected chi connectivity index (χ4v) is 5.72. The van der Waals surface area contributed by atoms with Gasteiger partial charge in [-0.3, -0.25) is 4.79 Å². The average molecular weight is 472 g/mol. The first kappa shape index (κ1) is 22.1. The van der Waals surface area contributed by atoms with Crippen LogP contribution in [0.15, 0.2) is 30.5 Å². The van der Waals surface area contributed by atoms with Crippen LogP contribution in [0.3, 0.4) is 0 Å². The van der Waals surface area contributed by atoms with Crippen molar-refractivity contribution in [1.82, 2.24) is 24.5 Å². The molecule has 182 valence electrons. The lowest BCUT2D eigenvalue weighted by atomic mass is 9.97. The third-order valence-electron chi connectivity index (χ3n) is 7.81. The number of hydrogen-bond donors (Lipinski definition) is 2. The Balaban J connectivity index is 1.33. The molecule has 3 N–H and O–H groups in total. The minimum absolute atomic E-state index is 0.0494. The molecule has 1 amide bonds. The maximum Gasteiger partial charge on any atom is 0.254 e. The molecule has 6 rings (SSSR count). The molecule has 2 atom stereocenters. The van der Waals surface area contributed by atoms with Crippen LogP contribution in [0.1, 0.15) is 64.6 Å². The van der Waals surface area contributed by atoms with Crippen molar-refractivity contribution in [3.63, 3.8) is 0 Å². The number of likely N-dealkylation sites (tertiary alicyclic amines) is 1. The summed E-state index contributed by atoms with van der Waals surface area (Å²) in [7, 11) is 0. The molecule has 0 aliphatic carbocycles. The molecule has 0 saturated carbocycles. The van der Waals surface area contributed by atoms with E-state index in [1.165, 1.54) is 5.56 Å². The van der Waals surface area contributed by atoms with Gasteiger partial charge in [-0.15, -0.1) is 0 Å². The molecule has 2 aliphatic heterocycles. The number of rotatable bonds is 3. The molecule has 8 heteroatoms. The van der Waals surface area contributed by atoms with Gasteiger partial charge in [0.15, 0.2) is 5.65 Å². The first-order valence-electron chi connectivity index (χ1n) is 12.7. The van der Waals surface area contributed by atoms with E-state index in [9.17, 15) is 4.79 Å². The SMILES string of the molecule is Cc1cn2nc([C@@H]3CCCCN3C(=O)c3ccc4[nH]c(C)c(C)c4c3)cc2nc1N1CC[C@H](N)C1. The molecule has 0 spiro atoms. The van der Waals surface area contributed by atoms with E-state index in [4.69, 9.17) is 15.8 Å². The number of fused-ring (bicyclic) bond motifs is 2. The minimum Gasteiger partial charge on any atom is -0.358 e. The second kappa shape index (κ2) is 8.37. The van der Waals surface area contributed by atoms with Gasteiger partial charge in [-0.1, -0.05) is 0 Å². The second-order valence-corrected chi connectivity index (χ2v) is 10.3. The highest BCUT2D eigenvalue weighted by Crippen LogP contribution is 2.33. The molecule has 2 aliphatic rings. The Morgan fingerprint density at radius 2 is 1.97 bits per heavy atom. The topological polar surface area (TPSA) is 95.5 Å². The molecular formula is C27H33N7O. The molecule has 0 unspecified atom stereocenters. The smallest absolute Gasteiger partial charge is 0.254 e. The van der Waals surface area contributed by atoms with E-state index in [0.717, 1.165) is 90.2 Å². The van der Waals surface area contributed by atoms with Crippen molar-refractivity contribution < 1.29 is 4.79 Å². The zero-order valence-corrected chi connectivity index (χ0v) is 20.7. The Morgan fingerprint density at radius 3 is 2.77 bits per heavy atom. The van der Waals surface area contributed by atoms with Crippen molar-refractivity contribution in [1.29, 1.82) is 0 Å². The maximum atomic E-state index is 13.7. The molecule has 0 radical (unpaired) electrons. The van der Waals surface area contributed by atoms with Crippen molar-refractivity contribution in [2.45, 2.75) is 58.5 Å². The first-order chi connectivity index (χ1) is 16.9. The molecule has 4 aromatic rings. The summed E-state index contributed by atoms with van der Waals surface area (Å²) in [6.07, 6.45) is 6.04. The molecule has 5 heterocycles. The highest BCUT2D eigenvalue weighted by molar-refractivity contribution is 5.99. The first-order valence-corrected chi connectivity index (χ1v) is 12.7. The Morgan fingerprint density at radius 1 is 1.11 bits per heavy atom. The fraction of sp³-hybridized carbons (Fsp3) is 0.444. The lowest BCUT2D eigenvalue weighted by Crippen LogP contribution is -2.38. The van der Waals surface area contributed by atoms with Crippen LogP contribution >= 0.6 is 0 Å². The van der Waals surface area contributed by atoms with Crippen LogP contribution in [-0.4, -0.2) is 56.1 Å². The van der Waals surface area contributed by atoms with Crippen molar-refractivity contribution in [2.24, 2.45) is 5.73 Å². The van der Waals surface area contributed by atoms with Gasteiger partial charge >= 0.3 is 0 Å². The molecule has 2 saturated heterocycles. The number of nitrogens with two attached hydrogens (primary N) is 1. The number of amides is 1. The van der Waals surface area contributed by atoms with Crippen LogP contribution in [0, 0.1) is 20.8 Å². The summed E-state index contributed by atoms with van der Waals surface area (Å²) in [6.45, 7) is 8.75. The van der Waals surface area contributed by atoms with E-state index in [0.29, 0.717) is 0 Å². The standard InChI is InChI=1S/C27H33N7O/c1-16-14-34-25(30-26(16)32-11-9-20(28)15-32)13-23(31-34)24-6-4-5-10-33(24)27(35)19-7-8-22-21(12-19)17(2)18(3)29-22/h7-8,12-14,20,24,29H,4-6,9-11,15,28H2,1-3H3/t20-,24-/m0/s1. The summed E-state index contributed by atoms with van der Waals surface area (Å²) < 4.78 is 1.86.